The topological polar surface area (TPSA) is 13.0 Å². The number of hydrogen-bond donors (Lipinski definition) is 0. The zero-order chi connectivity index (χ0) is 24.3. The van der Waals surface area contributed by atoms with E-state index >= 15 is 0 Å². The van der Waals surface area contributed by atoms with Crippen LogP contribution in [0.25, 0.3) is 0 Å². The molecule has 0 N–H and O–H groups in total. The van der Waals surface area contributed by atoms with Gasteiger partial charge in [-0.05, 0) is 139 Å². The Balaban J connectivity index is -0.000000137. The summed E-state index contributed by atoms with van der Waals surface area (Å²) in [6, 6.07) is 0. The molecule has 0 saturated heterocycles. The third-order valence-electron chi connectivity index (χ3n) is 5.37. The summed E-state index contributed by atoms with van der Waals surface area (Å²) in [5.41, 5.74) is 1.33. The van der Waals surface area contributed by atoms with Gasteiger partial charge in [-0.3, -0.25) is 0 Å². The molecule has 0 bridgehead atoms. The minimum Gasteiger partial charge on any atom is -0.305 e. The zero-order valence-corrected chi connectivity index (χ0v) is 23.8. The summed E-state index contributed by atoms with van der Waals surface area (Å²) in [5, 5.41) is 0. The maximum atomic E-state index is 2.19. The second-order valence-electron chi connectivity index (χ2n) is 12.3. The van der Waals surface area contributed by atoms with Crippen LogP contribution in [0, 0.1) is 0 Å². The van der Waals surface area contributed by atoms with Crippen molar-refractivity contribution in [2.75, 3.05) is 56.4 Å². The maximum absolute atomic E-state index is 2.19. The van der Waals surface area contributed by atoms with Crippen LogP contribution in [0.3, 0.4) is 0 Å². The van der Waals surface area contributed by atoms with Crippen molar-refractivity contribution in [3.63, 3.8) is 0 Å². The molecule has 28 heavy (non-hydrogen) atoms. The standard InChI is InChI=1S/4C6H15N/c4*1-6(2,3)7(4)5/h4*1-5H3. The lowest BCUT2D eigenvalue weighted by Crippen LogP contribution is -2.34. The Hall–Kier alpha value is -0.160. The van der Waals surface area contributed by atoms with Gasteiger partial charge in [0.25, 0.3) is 0 Å². The first-order chi connectivity index (χ1) is 11.8. The highest BCUT2D eigenvalue weighted by Crippen LogP contribution is 2.07. The molecule has 0 spiro atoms. The average Bonchev–Trinajstić information content (AvgIpc) is 2.35. The van der Waals surface area contributed by atoms with Gasteiger partial charge in [0.05, 0.1) is 0 Å². The molecule has 0 aliphatic carbocycles. The maximum Gasteiger partial charge on any atom is 0.0118 e. The summed E-state index contributed by atoms with van der Waals surface area (Å²) in [6.45, 7) is 26.2. The van der Waals surface area contributed by atoms with Gasteiger partial charge in [0.1, 0.15) is 0 Å². The van der Waals surface area contributed by atoms with Crippen molar-refractivity contribution >= 4 is 0 Å². The first-order valence-electron chi connectivity index (χ1n) is 10.5. The third kappa shape index (κ3) is 28.1. The lowest BCUT2D eigenvalue weighted by atomic mass is 10.1. The van der Waals surface area contributed by atoms with Gasteiger partial charge in [0.15, 0.2) is 0 Å². The Morgan fingerprint density at radius 1 is 0.250 bits per heavy atom. The fourth-order valence-corrected chi connectivity index (χ4v) is 0. The van der Waals surface area contributed by atoms with E-state index in [0.29, 0.717) is 22.2 Å². The third-order valence-corrected chi connectivity index (χ3v) is 5.37. The van der Waals surface area contributed by atoms with Crippen LogP contribution in [0.15, 0.2) is 0 Å². The van der Waals surface area contributed by atoms with E-state index in [0.717, 1.165) is 0 Å². The van der Waals surface area contributed by atoms with Crippen molar-refractivity contribution in [2.24, 2.45) is 0 Å². The molecule has 0 aromatic heterocycles. The van der Waals surface area contributed by atoms with Gasteiger partial charge in [0, 0.05) is 22.2 Å². The van der Waals surface area contributed by atoms with Gasteiger partial charge < -0.3 is 19.6 Å². The van der Waals surface area contributed by atoms with Crippen molar-refractivity contribution in [1.29, 1.82) is 0 Å². The van der Waals surface area contributed by atoms with Gasteiger partial charge >= 0.3 is 0 Å². The lowest BCUT2D eigenvalue weighted by molar-refractivity contribution is 0.219. The smallest absolute Gasteiger partial charge is 0.0118 e. The highest BCUT2D eigenvalue weighted by molar-refractivity contribution is 4.69. The largest absolute Gasteiger partial charge is 0.305 e. The highest BCUT2D eigenvalue weighted by Gasteiger charge is 2.12. The number of rotatable bonds is 0. The fraction of sp³-hybridized carbons (Fsp3) is 1.00. The Labute approximate surface area is 181 Å². The normalized spacial score (nSPS) is 12.9. The van der Waals surface area contributed by atoms with Crippen LogP contribution in [0.1, 0.15) is 83.1 Å². The first-order valence-corrected chi connectivity index (χ1v) is 10.5. The van der Waals surface area contributed by atoms with E-state index in [1.165, 1.54) is 0 Å². The molecule has 176 valence electrons. The van der Waals surface area contributed by atoms with E-state index in [2.05, 4.69) is 159 Å². The van der Waals surface area contributed by atoms with Crippen molar-refractivity contribution in [3.05, 3.63) is 0 Å². The second-order valence-corrected chi connectivity index (χ2v) is 12.3. The minimum absolute atomic E-state index is 0.333. The predicted octanol–water partition coefficient (Wildman–Crippen LogP) is 5.39. The zero-order valence-electron chi connectivity index (χ0n) is 23.8. The van der Waals surface area contributed by atoms with Crippen LogP contribution in [0.4, 0.5) is 0 Å². The van der Waals surface area contributed by atoms with Gasteiger partial charge in [-0.1, -0.05) is 0 Å². The number of nitrogens with zero attached hydrogens (tertiary/aromatic N) is 4. The van der Waals surface area contributed by atoms with Crippen molar-refractivity contribution in [2.45, 2.75) is 105 Å². The van der Waals surface area contributed by atoms with Gasteiger partial charge in [-0.2, -0.15) is 0 Å². The van der Waals surface area contributed by atoms with Crippen molar-refractivity contribution < 1.29 is 0 Å². The molecule has 4 heteroatoms. The van der Waals surface area contributed by atoms with E-state index in [1.807, 2.05) is 0 Å². The summed E-state index contributed by atoms with van der Waals surface area (Å²) < 4.78 is 0. The highest BCUT2D eigenvalue weighted by atomic mass is 15.1. The molecule has 0 unspecified atom stereocenters. The van der Waals surface area contributed by atoms with Crippen LogP contribution >= 0.6 is 0 Å². The quantitative estimate of drug-likeness (QED) is 0.537. The molecule has 0 saturated carbocycles. The van der Waals surface area contributed by atoms with E-state index in [9.17, 15) is 0 Å². The van der Waals surface area contributed by atoms with Gasteiger partial charge in [-0.25, -0.2) is 0 Å². The molecule has 0 atom stereocenters. The minimum atomic E-state index is 0.333. The van der Waals surface area contributed by atoms with Crippen molar-refractivity contribution in [1.82, 2.24) is 19.6 Å². The molecule has 4 nitrogen and oxygen atoms in total. The van der Waals surface area contributed by atoms with Gasteiger partial charge in [-0.15, -0.1) is 0 Å². The molecular weight excluding hydrogens is 344 g/mol. The fourth-order valence-electron chi connectivity index (χ4n) is 0. The summed E-state index contributed by atoms with van der Waals surface area (Å²) >= 11 is 0. The molecule has 0 aromatic carbocycles. The summed E-state index contributed by atoms with van der Waals surface area (Å²) in [5.74, 6) is 0. The van der Waals surface area contributed by atoms with Crippen LogP contribution in [0.2, 0.25) is 0 Å². The van der Waals surface area contributed by atoms with E-state index in [4.69, 9.17) is 0 Å². The van der Waals surface area contributed by atoms with Crippen LogP contribution in [-0.2, 0) is 0 Å². The van der Waals surface area contributed by atoms with E-state index in [-0.39, 0.29) is 0 Å². The molecule has 0 rings (SSSR count). The molecule has 0 fully saturated rings. The summed E-state index contributed by atoms with van der Waals surface area (Å²) in [6.07, 6.45) is 0. The molecule has 0 radical (unpaired) electrons. The average molecular weight is 405 g/mol. The number of hydrogen-bond acceptors (Lipinski definition) is 4. The molecule has 0 aliphatic heterocycles. The van der Waals surface area contributed by atoms with Crippen LogP contribution in [-0.4, -0.2) is 98.1 Å². The van der Waals surface area contributed by atoms with Crippen molar-refractivity contribution in [3.8, 4) is 0 Å². The SMILES string of the molecule is CN(C)C(C)(C)C.CN(C)C(C)(C)C.CN(C)C(C)(C)C.CN(C)C(C)(C)C. The summed E-state index contributed by atoms with van der Waals surface area (Å²) in [4.78, 5) is 8.75. The first kappa shape index (κ1) is 35.3. The Kier molecular flexibility index (Phi) is 17.6. The summed E-state index contributed by atoms with van der Waals surface area (Å²) in [7, 11) is 16.7. The Morgan fingerprint density at radius 3 is 0.286 bits per heavy atom. The monoisotopic (exact) mass is 404 g/mol. The lowest BCUT2D eigenvalue weighted by Gasteiger charge is -2.27. The second kappa shape index (κ2) is 14.0. The molecule has 0 heterocycles. The molecular formula is C24H60N4. The van der Waals surface area contributed by atoms with Gasteiger partial charge in [0.2, 0.25) is 0 Å². The van der Waals surface area contributed by atoms with Crippen LogP contribution in [0.5, 0.6) is 0 Å². The predicted molar refractivity (Wildman–Crippen MR) is 134 cm³/mol. The Morgan fingerprint density at radius 2 is 0.286 bits per heavy atom. The molecule has 0 aliphatic rings. The van der Waals surface area contributed by atoms with E-state index in [1.54, 1.807) is 0 Å². The van der Waals surface area contributed by atoms with E-state index < -0.39 is 0 Å². The molecule has 0 amide bonds. The molecule has 0 aromatic rings. The Bertz CT molecular complexity index is 271. The van der Waals surface area contributed by atoms with Crippen LogP contribution < -0.4 is 0 Å².